The monoisotopic (exact) mass is 447 g/mol. The lowest BCUT2D eigenvalue weighted by atomic mass is 9.78. The Morgan fingerprint density at radius 3 is 2.27 bits per heavy atom. The van der Waals surface area contributed by atoms with Crippen LogP contribution in [0.5, 0.6) is 0 Å². The lowest BCUT2D eigenvalue weighted by Gasteiger charge is -2.46. The number of aryl methyl sites for hydroxylation is 2. The van der Waals surface area contributed by atoms with Crippen LogP contribution < -0.4 is 10.6 Å². The fraction of sp³-hybridized carbons (Fsp3) is 0.444. The van der Waals surface area contributed by atoms with E-state index in [-0.39, 0.29) is 17.7 Å². The van der Waals surface area contributed by atoms with Gasteiger partial charge in [0, 0.05) is 18.7 Å². The number of rotatable bonds is 6. The van der Waals surface area contributed by atoms with E-state index in [1.54, 1.807) is 4.90 Å². The Balaban J connectivity index is 1.72. The highest BCUT2D eigenvalue weighted by Crippen LogP contribution is 2.37. The number of anilines is 1. The normalized spacial score (nSPS) is 19.6. The maximum Gasteiger partial charge on any atom is 0.250 e. The second-order valence-electron chi connectivity index (χ2n) is 9.38. The molecule has 4 rings (SSSR count). The van der Waals surface area contributed by atoms with Crippen LogP contribution in [0.2, 0.25) is 0 Å². The third-order valence-corrected chi connectivity index (χ3v) is 7.08. The highest BCUT2D eigenvalue weighted by atomic mass is 16.2. The van der Waals surface area contributed by atoms with Crippen molar-refractivity contribution >= 4 is 23.4 Å². The Bertz CT molecular complexity index is 1010. The van der Waals surface area contributed by atoms with Crippen LogP contribution in [0.4, 0.5) is 5.69 Å². The molecule has 6 heteroatoms. The predicted molar refractivity (Wildman–Crippen MR) is 129 cm³/mol. The van der Waals surface area contributed by atoms with Gasteiger partial charge in [-0.25, -0.2) is 0 Å². The van der Waals surface area contributed by atoms with E-state index in [0.29, 0.717) is 32.2 Å². The molecule has 0 bridgehead atoms. The minimum Gasteiger partial charge on any atom is -0.344 e. The van der Waals surface area contributed by atoms with Crippen molar-refractivity contribution in [3.8, 4) is 0 Å². The van der Waals surface area contributed by atoms with E-state index >= 15 is 0 Å². The van der Waals surface area contributed by atoms with Crippen LogP contribution in [-0.4, -0.2) is 34.2 Å². The lowest BCUT2D eigenvalue weighted by molar-refractivity contribution is -0.150. The maximum atomic E-state index is 14.0. The Morgan fingerprint density at radius 1 is 1.00 bits per heavy atom. The van der Waals surface area contributed by atoms with Crippen molar-refractivity contribution in [2.75, 3.05) is 5.32 Å². The van der Waals surface area contributed by atoms with Crippen molar-refractivity contribution in [3.63, 3.8) is 0 Å². The second kappa shape index (κ2) is 9.77. The van der Waals surface area contributed by atoms with Crippen molar-refractivity contribution in [3.05, 3.63) is 65.2 Å². The zero-order chi connectivity index (χ0) is 23.4. The fourth-order valence-corrected chi connectivity index (χ4v) is 5.19. The highest BCUT2D eigenvalue weighted by Gasteiger charge is 2.49. The number of para-hydroxylation sites is 1. The summed E-state index contributed by atoms with van der Waals surface area (Å²) in [5.74, 6) is -0.401. The summed E-state index contributed by atoms with van der Waals surface area (Å²) in [6.07, 6.45) is 4.86. The van der Waals surface area contributed by atoms with Crippen molar-refractivity contribution in [1.82, 2.24) is 10.2 Å². The van der Waals surface area contributed by atoms with Crippen molar-refractivity contribution < 1.29 is 14.4 Å². The second-order valence-corrected chi connectivity index (χ2v) is 9.38. The zero-order valence-electron chi connectivity index (χ0n) is 19.5. The van der Waals surface area contributed by atoms with E-state index < -0.39 is 11.6 Å². The van der Waals surface area contributed by atoms with Gasteiger partial charge in [-0.1, -0.05) is 67.8 Å². The summed E-state index contributed by atoms with van der Waals surface area (Å²) >= 11 is 0. The molecule has 1 aliphatic heterocycles. The minimum absolute atomic E-state index is 0.106. The van der Waals surface area contributed by atoms with Crippen LogP contribution in [-0.2, 0) is 20.9 Å². The molecule has 0 unspecified atom stereocenters. The van der Waals surface area contributed by atoms with Gasteiger partial charge in [0.2, 0.25) is 17.7 Å². The molecule has 6 nitrogen and oxygen atoms in total. The van der Waals surface area contributed by atoms with Gasteiger partial charge in [-0.05, 0) is 49.8 Å². The smallest absolute Gasteiger partial charge is 0.250 e. The Labute approximate surface area is 195 Å². The lowest BCUT2D eigenvalue weighted by Crippen LogP contribution is -2.62. The SMILES string of the molecule is Cc1cccc(C)c1NC(=O)C1(N(Cc2ccccc2)C(=O)[C@H]2CCC(=O)N2)CCCCC1. The van der Waals surface area contributed by atoms with Gasteiger partial charge in [0.25, 0.3) is 0 Å². The molecule has 1 aliphatic carbocycles. The van der Waals surface area contributed by atoms with E-state index in [4.69, 9.17) is 0 Å². The van der Waals surface area contributed by atoms with Crippen molar-refractivity contribution in [2.24, 2.45) is 0 Å². The molecule has 33 heavy (non-hydrogen) atoms. The van der Waals surface area contributed by atoms with E-state index in [1.165, 1.54) is 0 Å². The van der Waals surface area contributed by atoms with E-state index in [2.05, 4.69) is 10.6 Å². The third kappa shape index (κ3) is 4.80. The average molecular weight is 448 g/mol. The summed E-state index contributed by atoms with van der Waals surface area (Å²) < 4.78 is 0. The number of amides is 3. The van der Waals surface area contributed by atoms with E-state index in [1.807, 2.05) is 62.4 Å². The number of hydrogen-bond acceptors (Lipinski definition) is 3. The van der Waals surface area contributed by atoms with E-state index in [0.717, 1.165) is 41.6 Å². The van der Waals surface area contributed by atoms with Crippen LogP contribution in [0.1, 0.15) is 61.6 Å². The summed E-state index contributed by atoms with van der Waals surface area (Å²) in [6, 6.07) is 15.2. The van der Waals surface area contributed by atoms with E-state index in [9.17, 15) is 14.4 Å². The predicted octanol–water partition coefficient (Wildman–Crippen LogP) is 4.25. The topological polar surface area (TPSA) is 78.5 Å². The van der Waals surface area contributed by atoms with Gasteiger partial charge in [0.1, 0.15) is 11.6 Å². The molecule has 2 aromatic rings. The van der Waals surface area contributed by atoms with Gasteiger partial charge >= 0.3 is 0 Å². The first kappa shape index (κ1) is 23.0. The first-order valence-electron chi connectivity index (χ1n) is 11.9. The first-order valence-corrected chi connectivity index (χ1v) is 11.9. The number of carbonyl (C=O) groups excluding carboxylic acids is 3. The van der Waals surface area contributed by atoms with Crippen LogP contribution in [0.25, 0.3) is 0 Å². The molecule has 1 heterocycles. The van der Waals surface area contributed by atoms with Gasteiger partial charge < -0.3 is 15.5 Å². The highest BCUT2D eigenvalue weighted by molar-refractivity contribution is 6.02. The summed E-state index contributed by atoms with van der Waals surface area (Å²) in [5, 5.41) is 6.01. The molecule has 1 saturated carbocycles. The molecule has 3 amide bonds. The summed E-state index contributed by atoms with van der Waals surface area (Å²) in [6.45, 7) is 4.31. The van der Waals surface area contributed by atoms with Crippen molar-refractivity contribution in [1.29, 1.82) is 0 Å². The number of hydrogen-bond donors (Lipinski definition) is 2. The van der Waals surface area contributed by atoms with Gasteiger partial charge in [0.15, 0.2) is 0 Å². The quantitative estimate of drug-likeness (QED) is 0.695. The summed E-state index contributed by atoms with van der Waals surface area (Å²) in [4.78, 5) is 41.5. The molecule has 0 spiro atoms. The number of nitrogens with one attached hydrogen (secondary N) is 2. The maximum absolute atomic E-state index is 14.0. The standard InChI is InChI=1S/C27H33N3O3/c1-19-10-9-11-20(2)24(19)29-26(33)27(16-7-4-8-17-27)30(18-21-12-5-3-6-13-21)25(32)22-14-15-23(31)28-22/h3,5-6,9-13,22H,4,7-8,14-18H2,1-2H3,(H,28,31)(H,29,33)/t22-/m1/s1. The molecule has 2 aliphatic rings. The largest absolute Gasteiger partial charge is 0.344 e. The molecule has 2 aromatic carbocycles. The molecule has 1 saturated heterocycles. The van der Waals surface area contributed by atoms with Crippen LogP contribution >= 0.6 is 0 Å². The Morgan fingerprint density at radius 2 is 1.67 bits per heavy atom. The summed E-state index contributed by atoms with van der Waals surface area (Å²) in [7, 11) is 0. The Hall–Kier alpha value is -3.15. The first-order chi connectivity index (χ1) is 15.9. The molecule has 174 valence electrons. The Kier molecular flexibility index (Phi) is 6.82. The number of carbonyl (C=O) groups is 3. The molecular weight excluding hydrogens is 414 g/mol. The number of benzene rings is 2. The van der Waals surface area contributed by atoms with Gasteiger partial charge in [0.05, 0.1) is 0 Å². The fourth-order valence-electron chi connectivity index (χ4n) is 5.19. The van der Waals surface area contributed by atoms with Gasteiger partial charge in [-0.2, -0.15) is 0 Å². The average Bonchev–Trinajstić information content (AvgIpc) is 3.27. The van der Waals surface area contributed by atoms with Crippen molar-refractivity contribution in [2.45, 2.75) is 76.9 Å². The van der Waals surface area contributed by atoms with Gasteiger partial charge in [-0.3, -0.25) is 14.4 Å². The van der Waals surface area contributed by atoms with Gasteiger partial charge in [-0.15, -0.1) is 0 Å². The molecule has 2 fully saturated rings. The zero-order valence-corrected chi connectivity index (χ0v) is 19.5. The minimum atomic E-state index is -0.951. The molecule has 0 aromatic heterocycles. The van der Waals surface area contributed by atoms with Crippen LogP contribution in [0, 0.1) is 13.8 Å². The molecule has 2 N–H and O–H groups in total. The molecule has 1 atom stereocenters. The summed E-state index contributed by atoms with van der Waals surface area (Å²) in [5.41, 5.74) is 2.83. The molecule has 0 radical (unpaired) electrons. The van der Waals surface area contributed by atoms with Crippen LogP contribution in [0.3, 0.4) is 0 Å². The molecular formula is C27H33N3O3. The number of nitrogens with zero attached hydrogens (tertiary/aromatic N) is 1. The van der Waals surface area contributed by atoms with Crippen LogP contribution in [0.15, 0.2) is 48.5 Å². The third-order valence-electron chi connectivity index (χ3n) is 7.08.